The summed E-state index contributed by atoms with van der Waals surface area (Å²) in [6.45, 7) is 7.71. The molecule has 0 bridgehead atoms. The summed E-state index contributed by atoms with van der Waals surface area (Å²) in [5, 5.41) is 6.28. The van der Waals surface area contributed by atoms with Crippen LogP contribution in [-0.2, 0) is 6.54 Å². The van der Waals surface area contributed by atoms with Crippen LogP contribution < -0.4 is 5.73 Å². The molecule has 1 aromatic heterocycles. The number of halogens is 1. The second-order valence-electron chi connectivity index (χ2n) is 5.04. The summed E-state index contributed by atoms with van der Waals surface area (Å²) in [4.78, 5) is 0. The predicted octanol–water partition coefficient (Wildman–Crippen LogP) is 3.68. The van der Waals surface area contributed by atoms with Crippen LogP contribution in [0.25, 0.3) is 0 Å². The minimum absolute atomic E-state index is 0.0517. The van der Waals surface area contributed by atoms with Crippen molar-refractivity contribution >= 4 is 39.5 Å². The molecule has 4 unspecified atom stereocenters. The maximum absolute atomic E-state index is 6.53. The lowest BCUT2D eigenvalue weighted by Gasteiger charge is -2.34. The smallest absolute Gasteiger partial charge is 0.0705 e. The highest BCUT2D eigenvalue weighted by atomic mass is 79.9. The van der Waals surface area contributed by atoms with Crippen molar-refractivity contribution in [2.24, 2.45) is 5.73 Å². The zero-order valence-corrected chi connectivity index (χ0v) is 14.9. The first kappa shape index (κ1) is 15.7. The average Bonchev–Trinajstić information content (AvgIpc) is 2.74. The molecular weight excluding hydrogens is 342 g/mol. The summed E-state index contributed by atoms with van der Waals surface area (Å²) in [5.74, 6) is 1.13. The first-order valence-corrected chi connectivity index (χ1v) is 9.56. The van der Waals surface area contributed by atoms with Gasteiger partial charge in [0.25, 0.3) is 0 Å². The van der Waals surface area contributed by atoms with Crippen molar-refractivity contribution in [1.29, 1.82) is 0 Å². The van der Waals surface area contributed by atoms with Crippen molar-refractivity contribution < 1.29 is 0 Å². The van der Waals surface area contributed by atoms with E-state index in [9.17, 15) is 0 Å². The fourth-order valence-electron chi connectivity index (χ4n) is 2.27. The molecule has 3 nitrogen and oxygen atoms in total. The van der Waals surface area contributed by atoms with E-state index in [0.717, 1.165) is 34.1 Å². The number of hydrogen-bond acceptors (Lipinski definition) is 4. The molecule has 2 N–H and O–H groups in total. The molecule has 0 saturated carbocycles. The molecule has 1 aromatic rings. The van der Waals surface area contributed by atoms with Crippen LogP contribution in [0.15, 0.2) is 10.7 Å². The van der Waals surface area contributed by atoms with E-state index in [0.29, 0.717) is 10.5 Å². The molecule has 1 saturated heterocycles. The highest BCUT2D eigenvalue weighted by Crippen LogP contribution is 2.41. The van der Waals surface area contributed by atoms with Crippen molar-refractivity contribution in [3.05, 3.63) is 16.4 Å². The Morgan fingerprint density at radius 2 is 2.26 bits per heavy atom. The average molecular weight is 364 g/mol. The molecule has 0 radical (unpaired) electrons. The number of rotatable bonds is 4. The van der Waals surface area contributed by atoms with Gasteiger partial charge in [0.15, 0.2) is 0 Å². The zero-order chi connectivity index (χ0) is 14.0. The van der Waals surface area contributed by atoms with Crippen molar-refractivity contribution in [1.82, 2.24) is 9.78 Å². The zero-order valence-electron chi connectivity index (χ0n) is 11.7. The third kappa shape index (κ3) is 3.52. The first-order chi connectivity index (χ1) is 9.04. The van der Waals surface area contributed by atoms with Crippen LogP contribution in [0.2, 0.25) is 0 Å². The second-order valence-corrected chi connectivity index (χ2v) is 8.93. The summed E-state index contributed by atoms with van der Waals surface area (Å²) >= 11 is 7.67. The van der Waals surface area contributed by atoms with Gasteiger partial charge in [0.05, 0.1) is 22.4 Å². The van der Waals surface area contributed by atoms with Crippen LogP contribution in [0.5, 0.6) is 0 Å². The van der Waals surface area contributed by atoms with Crippen LogP contribution >= 0.6 is 39.5 Å². The molecule has 0 aromatic carbocycles. The Morgan fingerprint density at radius 1 is 1.53 bits per heavy atom. The number of nitrogens with two attached hydrogens (primary N) is 1. The van der Waals surface area contributed by atoms with Crippen molar-refractivity contribution in [2.45, 2.75) is 55.5 Å². The van der Waals surface area contributed by atoms with Crippen LogP contribution in [0.1, 0.15) is 38.9 Å². The third-order valence-electron chi connectivity index (χ3n) is 3.56. The Bertz CT molecular complexity index is 424. The van der Waals surface area contributed by atoms with E-state index in [1.54, 1.807) is 0 Å². The van der Waals surface area contributed by atoms with Gasteiger partial charge in [-0.15, -0.1) is 0 Å². The fraction of sp³-hybridized carbons (Fsp3) is 0.769. The van der Waals surface area contributed by atoms with E-state index in [1.807, 2.05) is 29.7 Å². The molecule has 6 heteroatoms. The topological polar surface area (TPSA) is 43.8 Å². The van der Waals surface area contributed by atoms with E-state index in [1.165, 1.54) is 0 Å². The summed E-state index contributed by atoms with van der Waals surface area (Å²) in [6, 6.07) is 0.0517. The molecule has 1 aliphatic rings. The molecule has 4 atom stereocenters. The summed E-state index contributed by atoms with van der Waals surface area (Å²) in [5.41, 5.74) is 7.68. The number of aromatic nitrogens is 2. The van der Waals surface area contributed by atoms with E-state index in [4.69, 9.17) is 5.73 Å². The van der Waals surface area contributed by atoms with Gasteiger partial charge in [-0.2, -0.15) is 28.6 Å². The van der Waals surface area contributed by atoms with E-state index in [2.05, 4.69) is 46.5 Å². The maximum Gasteiger partial charge on any atom is 0.0705 e. The number of hydrogen-bond donors (Lipinski definition) is 1. The lowest BCUT2D eigenvalue weighted by molar-refractivity contribution is 0.536. The Balaban J connectivity index is 2.15. The SMILES string of the molecule is CCCn1ncc(Br)c1C(N)C1CSC(C)C(C)S1. The Hall–Kier alpha value is 0.350. The Labute approximate surface area is 132 Å². The van der Waals surface area contributed by atoms with E-state index < -0.39 is 0 Å². The van der Waals surface area contributed by atoms with Gasteiger partial charge in [0, 0.05) is 28.0 Å². The van der Waals surface area contributed by atoms with Crippen molar-refractivity contribution in [3.63, 3.8) is 0 Å². The highest BCUT2D eigenvalue weighted by Gasteiger charge is 2.32. The van der Waals surface area contributed by atoms with Gasteiger partial charge in [-0.1, -0.05) is 20.8 Å². The van der Waals surface area contributed by atoms with Gasteiger partial charge in [0.2, 0.25) is 0 Å². The quantitative estimate of drug-likeness (QED) is 0.885. The molecule has 2 rings (SSSR count). The lowest BCUT2D eigenvalue weighted by atomic mass is 10.1. The molecule has 1 fully saturated rings. The molecule has 0 spiro atoms. The van der Waals surface area contributed by atoms with Crippen LogP contribution in [-0.4, -0.2) is 31.3 Å². The molecule has 1 aliphatic heterocycles. The maximum atomic E-state index is 6.53. The van der Waals surface area contributed by atoms with Crippen LogP contribution in [0.3, 0.4) is 0 Å². The fourth-order valence-corrected chi connectivity index (χ4v) is 5.85. The standard InChI is InChI=1S/C13H22BrN3S2/c1-4-5-17-13(10(14)6-16-17)12(15)11-7-18-8(2)9(3)19-11/h6,8-9,11-12H,4-5,7,15H2,1-3H3. The van der Waals surface area contributed by atoms with Gasteiger partial charge in [-0.25, -0.2) is 0 Å². The summed E-state index contributed by atoms with van der Waals surface area (Å²) in [7, 11) is 0. The Morgan fingerprint density at radius 3 is 2.89 bits per heavy atom. The minimum atomic E-state index is 0.0517. The summed E-state index contributed by atoms with van der Waals surface area (Å²) in [6.07, 6.45) is 2.95. The minimum Gasteiger partial charge on any atom is -0.322 e. The highest BCUT2D eigenvalue weighted by molar-refractivity contribution is 9.10. The van der Waals surface area contributed by atoms with Gasteiger partial charge < -0.3 is 5.73 Å². The van der Waals surface area contributed by atoms with Crippen LogP contribution in [0.4, 0.5) is 0 Å². The first-order valence-electron chi connectivity index (χ1n) is 6.78. The molecule has 0 amide bonds. The van der Waals surface area contributed by atoms with Gasteiger partial charge in [-0.3, -0.25) is 4.68 Å². The largest absolute Gasteiger partial charge is 0.322 e. The number of nitrogens with zero attached hydrogens (tertiary/aromatic N) is 2. The number of aryl methyl sites for hydroxylation is 1. The van der Waals surface area contributed by atoms with E-state index >= 15 is 0 Å². The third-order valence-corrected chi connectivity index (χ3v) is 7.69. The second kappa shape index (κ2) is 6.87. The van der Waals surface area contributed by atoms with Crippen LogP contribution in [0, 0.1) is 0 Å². The Kier molecular flexibility index (Phi) is 5.69. The molecule has 2 heterocycles. The monoisotopic (exact) mass is 363 g/mol. The molecule has 108 valence electrons. The predicted molar refractivity (Wildman–Crippen MR) is 89.9 cm³/mol. The summed E-state index contributed by atoms with van der Waals surface area (Å²) < 4.78 is 3.10. The lowest BCUT2D eigenvalue weighted by Crippen LogP contribution is -2.35. The van der Waals surface area contributed by atoms with Gasteiger partial charge in [0.1, 0.15) is 0 Å². The van der Waals surface area contributed by atoms with Crippen molar-refractivity contribution in [3.8, 4) is 0 Å². The van der Waals surface area contributed by atoms with E-state index in [-0.39, 0.29) is 6.04 Å². The normalized spacial score (nSPS) is 29.4. The van der Waals surface area contributed by atoms with Crippen molar-refractivity contribution in [2.75, 3.05) is 5.75 Å². The number of thioether (sulfide) groups is 2. The molecular formula is C13H22BrN3S2. The van der Waals surface area contributed by atoms with Gasteiger partial charge in [-0.05, 0) is 22.4 Å². The van der Waals surface area contributed by atoms with Gasteiger partial charge >= 0.3 is 0 Å². The molecule has 19 heavy (non-hydrogen) atoms. The molecule has 0 aliphatic carbocycles.